The first-order valence-corrected chi connectivity index (χ1v) is 12.6. The normalized spacial score (nSPS) is 13.1. The van der Waals surface area contributed by atoms with Crippen molar-refractivity contribution < 1.29 is 4.79 Å². The van der Waals surface area contributed by atoms with Crippen LogP contribution < -0.4 is 5.32 Å². The minimum Gasteiger partial charge on any atom is -0.322 e. The summed E-state index contributed by atoms with van der Waals surface area (Å²) in [7, 11) is 0. The molecule has 7 nitrogen and oxygen atoms in total. The Kier molecular flexibility index (Phi) is 6.19. The lowest BCUT2D eigenvalue weighted by atomic mass is 9.83. The zero-order chi connectivity index (χ0) is 22.6. The molecule has 1 amide bonds. The molecule has 0 aliphatic heterocycles. The van der Waals surface area contributed by atoms with Crippen LogP contribution in [0, 0.1) is 11.8 Å². The van der Waals surface area contributed by atoms with Crippen LogP contribution in [0.1, 0.15) is 51.8 Å². The lowest BCUT2D eigenvalue weighted by Gasteiger charge is -2.22. The molecular formula is C24H20N6OS2. The van der Waals surface area contributed by atoms with Crippen LogP contribution in [0.4, 0.5) is 5.69 Å². The highest BCUT2D eigenvalue weighted by Gasteiger charge is 2.21. The number of anilines is 1. The maximum absolute atomic E-state index is 13.0. The highest BCUT2D eigenvalue weighted by Crippen LogP contribution is 2.36. The van der Waals surface area contributed by atoms with E-state index in [1.54, 1.807) is 17.4 Å². The number of hydrogen-bond donors (Lipinski definition) is 2. The molecule has 1 fully saturated rings. The summed E-state index contributed by atoms with van der Waals surface area (Å²) in [6, 6.07) is 13.0. The van der Waals surface area contributed by atoms with Crippen molar-refractivity contribution in [3.8, 4) is 23.2 Å². The molecular weight excluding hydrogens is 452 g/mol. The van der Waals surface area contributed by atoms with Gasteiger partial charge < -0.3 is 5.32 Å². The van der Waals surface area contributed by atoms with E-state index in [0.29, 0.717) is 23.0 Å². The third-order valence-corrected chi connectivity index (χ3v) is 7.08. The van der Waals surface area contributed by atoms with Crippen LogP contribution in [0.3, 0.4) is 0 Å². The lowest BCUT2D eigenvalue weighted by Crippen LogP contribution is -2.13. The number of carbonyl (C=O) groups is 1. The van der Waals surface area contributed by atoms with Gasteiger partial charge in [0.15, 0.2) is 5.01 Å². The summed E-state index contributed by atoms with van der Waals surface area (Å²) in [6.45, 7) is 0. The number of benzene rings is 2. The van der Waals surface area contributed by atoms with E-state index in [-0.39, 0.29) is 5.91 Å². The van der Waals surface area contributed by atoms with Crippen LogP contribution >= 0.6 is 23.1 Å². The number of thiazole rings is 1. The maximum atomic E-state index is 13.0. The molecule has 2 aromatic carbocycles. The smallest absolute Gasteiger partial charge is 0.256 e. The fraction of sp³-hybridized carbons (Fsp3) is 0.208. The number of hydrogen-bond acceptors (Lipinski definition) is 7. The Balaban J connectivity index is 1.31. The molecule has 2 aromatic heterocycles. The van der Waals surface area contributed by atoms with E-state index in [4.69, 9.17) is 0 Å². The maximum Gasteiger partial charge on any atom is 0.256 e. The van der Waals surface area contributed by atoms with Gasteiger partial charge >= 0.3 is 0 Å². The minimum atomic E-state index is -0.186. The zero-order valence-electron chi connectivity index (χ0n) is 17.8. The van der Waals surface area contributed by atoms with Gasteiger partial charge in [0.25, 0.3) is 5.91 Å². The fourth-order valence-corrected chi connectivity index (χ4v) is 4.91. The molecule has 0 spiro atoms. The average Bonchev–Trinajstić information content (AvgIpc) is 3.49. The average molecular weight is 473 g/mol. The van der Waals surface area contributed by atoms with Gasteiger partial charge in [-0.1, -0.05) is 24.5 Å². The molecule has 0 bridgehead atoms. The molecule has 0 saturated heterocycles. The Morgan fingerprint density at radius 2 is 2.12 bits per heavy atom. The topological polar surface area (TPSA) is 96.5 Å². The molecule has 0 atom stereocenters. The van der Waals surface area contributed by atoms with Crippen molar-refractivity contribution in [1.82, 2.24) is 25.6 Å². The number of carbonyl (C=O) groups excluding carboxylic acids is 1. The van der Waals surface area contributed by atoms with E-state index in [1.165, 1.54) is 36.7 Å². The number of nitrogens with one attached hydrogen (secondary N) is 2. The summed E-state index contributed by atoms with van der Waals surface area (Å²) in [5.41, 5.74) is 4.06. The van der Waals surface area contributed by atoms with Crippen LogP contribution in [0.25, 0.3) is 11.4 Å². The summed E-state index contributed by atoms with van der Waals surface area (Å²) in [5.74, 6) is 7.24. The van der Waals surface area contributed by atoms with E-state index < -0.39 is 0 Å². The fourth-order valence-electron chi connectivity index (χ4n) is 3.54. The monoisotopic (exact) mass is 472 g/mol. The molecule has 1 saturated carbocycles. The molecule has 164 valence electrons. The number of rotatable bonds is 5. The largest absolute Gasteiger partial charge is 0.322 e. The number of aromatic amines is 1. The van der Waals surface area contributed by atoms with Crippen LogP contribution in [0.2, 0.25) is 0 Å². The first-order chi connectivity index (χ1) is 16.2. The number of thioether (sulfide) groups is 1. The summed E-state index contributed by atoms with van der Waals surface area (Å²) < 4.78 is 0. The standard InChI is InChI=1S/C24H20N6OS2/c1-32-21-13-17(23-27-29-30-28-23)9-10-19(21)24(31)25-18-7-2-4-15(12-18)8-11-22-26-20(14-33-22)16-5-3-6-16/h2,4,7,9-10,12-14,16H,3,5-6H2,1H3,(H,25,31)(H,27,28,29,30). The van der Waals surface area contributed by atoms with E-state index in [1.807, 2.05) is 42.7 Å². The Morgan fingerprint density at radius 1 is 1.21 bits per heavy atom. The Labute approximate surface area is 199 Å². The van der Waals surface area contributed by atoms with Crippen molar-refractivity contribution in [2.75, 3.05) is 11.6 Å². The molecule has 33 heavy (non-hydrogen) atoms. The van der Waals surface area contributed by atoms with Gasteiger partial charge in [-0.05, 0) is 60.6 Å². The first kappa shape index (κ1) is 21.4. The summed E-state index contributed by atoms with van der Waals surface area (Å²) in [5, 5.41) is 20.0. The molecule has 1 aliphatic rings. The Hall–Kier alpha value is -3.48. The van der Waals surface area contributed by atoms with E-state index in [0.717, 1.165) is 21.0 Å². The van der Waals surface area contributed by atoms with Crippen molar-refractivity contribution in [2.45, 2.75) is 30.1 Å². The predicted molar refractivity (Wildman–Crippen MR) is 130 cm³/mol. The van der Waals surface area contributed by atoms with Gasteiger partial charge in [-0.15, -0.1) is 33.3 Å². The van der Waals surface area contributed by atoms with E-state index in [2.05, 4.69) is 48.1 Å². The van der Waals surface area contributed by atoms with Crippen molar-refractivity contribution in [1.29, 1.82) is 0 Å². The second-order valence-corrected chi connectivity index (χ2v) is 9.35. The van der Waals surface area contributed by atoms with Gasteiger partial charge in [0.2, 0.25) is 5.82 Å². The summed E-state index contributed by atoms with van der Waals surface area (Å²) >= 11 is 3.08. The first-order valence-electron chi connectivity index (χ1n) is 10.5. The highest BCUT2D eigenvalue weighted by atomic mass is 32.2. The van der Waals surface area contributed by atoms with Crippen LogP contribution in [-0.4, -0.2) is 37.8 Å². The van der Waals surface area contributed by atoms with Crippen molar-refractivity contribution in [3.05, 3.63) is 69.7 Å². The molecule has 9 heteroatoms. The number of aromatic nitrogens is 5. The predicted octanol–water partition coefficient (Wildman–Crippen LogP) is 4.96. The van der Waals surface area contributed by atoms with Gasteiger partial charge in [-0.2, -0.15) is 5.21 Å². The summed E-state index contributed by atoms with van der Waals surface area (Å²) in [6.07, 6.45) is 5.69. The lowest BCUT2D eigenvalue weighted by molar-refractivity contribution is 0.102. The van der Waals surface area contributed by atoms with Crippen LogP contribution in [0.15, 0.2) is 52.7 Å². The Morgan fingerprint density at radius 3 is 2.88 bits per heavy atom. The molecule has 5 rings (SSSR count). The zero-order valence-corrected chi connectivity index (χ0v) is 19.5. The van der Waals surface area contributed by atoms with Gasteiger partial charge in [0, 0.05) is 33.0 Å². The second-order valence-electron chi connectivity index (χ2n) is 7.64. The van der Waals surface area contributed by atoms with Gasteiger partial charge in [-0.25, -0.2) is 4.98 Å². The molecule has 1 aliphatic carbocycles. The molecule has 0 unspecified atom stereocenters. The van der Waals surface area contributed by atoms with Crippen LogP contribution in [0.5, 0.6) is 0 Å². The number of amides is 1. The van der Waals surface area contributed by atoms with Crippen molar-refractivity contribution in [2.24, 2.45) is 0 Å². The van der Waals surface area contributed by atoms with E-state index >= 15 is 0 Å². The summed E-state index contributed by atoms with van der Waals surface area (Å²) in [4.78, 5) is 18.5. The molecule has 4 aromatic rings. The third kappa shape index (κ3) is 4.82. The molecule has 0 radical (unpaired) electrons. The van der Waals surface area contributed by atoms with Gasteiger partial charge in [0.05, 0.1) is 11.3 Å². The highest BCUT2D eigenvalue weighted by molar-refractivity contribution is 7.98. The van der Waals surface area contributed by atoms with E-state index in [9.17, 15) is 4.79 Å². The molecule has 2 heterocycles. The SMILES string of the molecule is CSc1cc(-c2nn[nH]n2)ccc1C(=O)Nc1cccc(C#Cc2nc(C3CCC3)cs2)c1. The third-order valence-electron chi connectivity index (χ3n) is 5.53. The van der Waals surface area contributed by atoms with Crippen molar-refractivity contribution >= 4 is 34.7 Å². The van der Waals surface area contributed by atoms with Crippen LogP contribution in [-0.2, 0) is 0 Å². The number of H-pyrrole nitrogens is 1. The quantitative estimate of drug-likeness (QED) is 0.315. The van der Waals surface area contributed by atoms with Gasteiger partial charge in [0.1, 0.15) is 0 Å². The minimum absolute atomic E-state index is 0.186. The number of tetrazole rings is 1. The van der Waals surface area contributed by atoms with Gasteiger partial charge in [-0.3, -0.25) is 4.79 Å². The molecule has 2 N–H and O–H groups in total. The Bertz CT molecular complexity index is 1350. The van der Waals surface area contributed by atoms with Crippen molar-refractivity contribution in [3.63, 3.8) is 0 Å². The number of nitrogens with zero attached hydrogens (tertiary/aromatic N) is 4. The second kappa shape index (κ2) is 9.57.